The summed E-state index contributed by atoms with van der Waals surface area (Å²) in [5, 5.41) is 1.58. The van der Waals surface area contributed by atoms with E-state index in [-0.39, 0.29) is 11.8 Å². The molecule has 6 aromatic rings. The highest BCUT2D eigenvalue weighted by atomic mass is 16.5. The maximum Gasteiger partial charge on any atom is 0.336 e. The number of aryl methyl sites for hydroxylation is 3. The van der Waals surface area contributed by atoms with Crippen molar-refractivity contribution in [3.63, 3.8) is 0 Å². The smallest absolute Gasteiger partial charge is 0.336 e. The zero-order valence-corrected chi connectivity index (χ0v) is 31.2. The molecule has 7 rings (SSSR count). The number of hydrogen-bond donors (Lipinski definition) is 1. The average Bonchev–Trinajstić information content (AvgIpc) is 3.69. The topological polar surface area (TPSA) is 116 Å². The molecular formula is C44H42N2O7. The molecule has 0 unspecified atom stereocenters. The lowest BCUT2D eigenvalue weighted by Crippen LogP contribution is -2.08. The summed E-state index contributed by atoms with van der Waals surface area (Å²) in [6.07, 6.45) is 2.61. The molecule has 0 saturated heterocycles. The third kappa shape index (κ3) is 7.07. The summed E-state index contributed by atoms with van der Waals surface area (Å²) in [7, 11) is 0. The molecule has 270 valence electrons. The van der Waals surface area contributed by atoms with Gasteiger partial charge in [-0.05, 0) is 97.7 Å². The third-order valence-corrected chi connectivity index (χ3v) is 9.32. The van der Waals surface area contributed by atoms with Gasteiger partial charge in [0.15, 0.2) is 5.76 Å². The van der Waals surface area contributed by atoms with E-state index < -0.39 is 11.3 Å². The van der Waals surface area contributed by atoms with Crippen molar-refractivity contribution in [2.24, 2.45) is 10.9 Å². The lowest BCUT2D eigenvalue weighted by atomic mass is 9.94. The van der Waals surface area contributed by atoms with Gasteiger partial charge in [0.2, 0.25) is 11.8 Å². The molecule has 0 bridgehead atoms. The van der Waals surface area contributed by atoms with Gasteiger partial charge in [-0.15, -0.1) is 0 Å². The van der Waals surface area contributed by atoms with Crippen molar-refractivity contribution in [1.29, 1.82) is 0 Å². The number of rotatable bonds is 9. The summed E-state index contributed by atoms with van der Waals surface area (Å²) in [6.45, 7) is 16.8. The predicted molar refractivity (Wildman–Crippen MR) is 208 cm³/mol. The standard InChI is InChI=1S/C44H42N2O7/c1-9-32-39(24(4)5)41(46-44(32)50-31-15-11-29-13-17-38(48)52-35(29)21-31)43(53-42-26(7)18-25(6)19-27(42)8)40-33(23(2)3)22-36(45-40)49-30-14-10-28-12-16-37(47)51-34(28)20-30/h10-24,46H,9H2,1-8H3/b43-40+. The Morgan fingerprint density at radius 1 is 0.755 bits per heavy atom. The summed E-state index contributed by atoms with van der Waals surface area (Å²) < 4.78 is 30.8. The van der Waals surface area contributed by atoms with Crippen molar-refractivity contribution < 1.29 is 23.0 Å². The van der Waals surface area contributed by atoms with Crippen LogP contribution in [-0.4, -0.2) is 10.9 Å². The van der Waals surface area contributed by atoms with Gasteiger partial charge in [0, 0.05) is 46.7 Å². The van der Waals surface area contributed by atoms with Gasteiger partial charge in [0.05, 0.1) is 5.69 Å². The fourth-order valence-corrected chi connectivity index (χ4v) is 6.96. The molecule has 9 nitrogen and oxygen atoms in total. The van der Waals surface area contributed by atoms with Crippen molar-refractivity contribution in [2.45, 2.75) is 67.7 Å². The van der Waals surface area contributed by atoms with E-state index in [0.717, 1.165) is 55.6 Å². The number of aliphatic imine (C=N–C) groups is 1. The van der Waals surface area contributed by atoms with E-state index in [1.54, 1.807) is 24.3 Å². The molecule has 3 aromatic heterocycles. The van der Waals surface area contributed by atoms with Crippen LogP contribution in [0.15, 0.2) is 114 Å². The molecular weight excluding hydrogens is 668 g/mol. The Hall–Kier alpha value is -6.09. The lowest BCUT2D eigenvalue weighted by molar-refractivity contribution is 0.456. The zero-order chi connectivity index (χ0) is 37.6. The molecule has 0 spiro atoms. The molecule has 1 aliphatic rings. The first kappa shape index (κ1) is 35.3. The minimum atomic E-state index is -0.433. The van der Waals surface area contributed by atoms with Crippen LogP contribution >= 0.6 is 0 Å². The van der Waals surface area contributed by atoms with E-state index in [1.807, 2.05) is 44.2 Å². The first-order valence-electron chi connectivity index (χ1n) is 17.9. The molecule has 3 aromatic carbocycles. The largest absolute Gasteiger partial charge is 0.452 e. The zero-order valence-electron chi connectivity index (χ0n) is 31.2. The lowest BCUT2D eigenvalue weighted by Gasteiger charge is -2.20. The predicted octanol–water partition coefficient (Wildman–Crippen LogP) is 10.5. The van der Waals surface area contributed by atoms with E-state index in [1.165, 1.54) is 12.1 Å². The summed E-state index contributed by atoms with van der Waals surface area (Å²) in [6, 6.07) is 21.3. The van der Waals surface area contributed by atoms with Crippen LogP contribution in [0.1, 0.15) is 74.0 Å². The van der Waals surface area contributed by atoms with Crippen LogP contribution in [0, 0.1) is 26.7 Å². The van der Waals surface area contributed by atoms with Crippen molar-refractivity contribution in [3.8, 4) is 23.1 Å². The number of nitrogens with zero attached hydrogens (tertiary/aromatic N) is 1. The van der Waals surface area contributed by atoms with Crippen molar-refractivity contribution in [2.75, 3.05) is 0 Å². The number of allylic oxidation sites excluding steroid dienone is 1. The number of fused-ring (bicyclic) bond motifs is 2. The molecule has 9 heteroatoms. The number of benzene rings is 3. The Labute approximate surface area is 307 Å². The maximum absolute atomic E-state index is 12.0. The van der Waals surface area contributed by atoms with Crippen LogP contribution < -0.4 is 25.5 Å². The van der Waals surface area contributed by atoms with Gasteiger partial charge in [-0.25, -0.2) is 14.6 Å². The first-order chi connectivity index (χ1) is 25.4. The molecule has 0 atom stereocenters. The molecule has 0 aliphatic carbocycles. The molecule has 0 amide bonds. The number of aromatic nitrogens is 1. The normalized spacial score (nSPS) is 13.9. The second kappa shape index (κ2) is 14.1. The molecule has 0 fully saturated rings. The quantitative estimate of drug-likeness (QED) is 0.117. The van der Waals surface area contributed by atoms with Gasteiger partial charge in [-0.1, -0.05) is 52.3 Å². The number of hydrogen-bond acceptors (Lipinski definition) is 8. The van der Waals surface area contributed by atoms with Gasteiger partial charge >= 0.3 is 11.3 Å². The molecule has 53 heavy (non-hydrogen) atoms. The first-order valence-corrected chi connectivity index (χ1v) is 17.9. The van der Waals surface area contributed by atoms with E-state index in [4.69, 9.17) is 28.0 Å². The minimum absolute atomic E-state index is 0.0503. The van der Waals surface area contributed by atoms with Crippen molar-refractivity contribution >= 4 is 33.6 Å². The highest BCUT2D eigenvalue weighted by Crippen LogP contribution is 2.43. The second-order valence-electron chi connectivity index (χ2n) is 14.1. The highest BCUT2D eigenvalue weighted by molar-refractivity contribution is 5.97. The third-order valence-electron chi connectivity index (χ3n) is 9.32. The second-order valence-corrected chi connectivity index (χ2v) is 14.1. The maximum atomic E-state index is 12.0. The molecule has 4 heterocycles. The highest BCUT2D eigenvalue weighted by Gasteiger charge is 2.31. The van der Waals surface area contributed by atoms with Crippen LogP contribution in [0.4, 0.5) is 0 Å². The van der Waals surface area contributed by atoms with Gasteiger partial charge in [0.1, 0.15) is 34.1 Å². The Balaban J connectivity index is 1.41. The molecule has 1 aliphatic heterocycles. The number of nitrogens with one attached hydrogen (secondary N) is 1. The van der Waals surface area contributed by atoms with E-state index >= 15 is 0 Å². The average molecular weight is 711 g/mol. The van der Waals surface area contributed by atoms with E-state index in [2.05, 4.69) is 58.7 Å². The fourth-order valence-electron chi connectivity index (χ4n) is 6.96. The van der Waals surface area contributed by atoms with Gasteiger partial charge < -0.3 is 28.0 Å². The van der Waals surface area contributed by atoms with Crippen molar-refractivity contribution in [1.82, 2.24) is 4.98 Å². The SMILES string of the molecule is CCc1c(Oc2ccc3ccc(=O)oc3c2)[nH]c(/C(Oc2c(C)cc(C)cc2C)=C2\N=C(Oc3ccc4ccc(=O)oc4c3)C=C2C(C)C)c1C(C)C. The Bertz CT molecular complexity index is 2590. The molecule has 0 radical (unpaired) electrons. The van der Waals surface area contributed by atoms with Crippen LogP contribution in [-0.2, 0) is 6.42 Å². The van der Waals surface area contributed by atoms with Crippen LogP contribution in [0.2, 0.25) is 0 Å². The Kier molecular flexibility index (Phi) is 9.43. The fraction of sp³-hybridized carbons (Fsp3) is 0.250. The summed E-state index contributed by atoms with van der Waals surface area (Å²) in [5.41, 5.74) is 7.48. The summed E-state index contributed by atoms with van der Waals surface area (Å²) in [4.78, 5) is 32.6. The van der Waals surface area contributed by atoms with Crippen molar-refractivity contribution in [3.05, 3.63) is 144 Å². The molecule has 1 N–H and O–H groups in total. The van der Waals surface area contributed by atoms with Crippen LogP contribution in [0.5, 0.6) is 23.1 Å². The van der Waals surface area contributed by atoms with E-state index in [9.17, 15) is 9.59 Å². The van der Waals surface area contributed by atoms with Crippen LogP contribution in [0.25, 0.3) is 27.7 Å². The minimum Gasteiger partial charge on any atom is -0.452 e. The van der Waals surface area contributed by atoms with Gasteiger partial charge in [-0.2, -0.15) is 0 Å². The van der Waals surface area contributed by atoms with Gasteiger partial charge in [0.25, 0.3) is 0 Å². The van der Waals surface area contributed by atoms with Gasteiger partial charge in [-0.3, -0.25) is 0 Å². The number of ether oxygens (including phenoxy) is 3. The monoisotopic (exact) mass is 710 g/mol. The Morgan fingerprint density at radius 3 is 1.87 bits per heavy atom. The number of aromatic amines is 1. The summed E-state index contributed by atoms with van der Waals surface area (Å²) >= 11 is 0. The summed E-state index contributed by atoms with van der Waals surface area (Å²) in [5.74, 6) is 3.35. The van der Waals surface area contributed by atoms with Crippen LogP contribution in [0.3, 0.4) is 0 Å². The molecule has 0 saturated carbocycles. The van der Waals surface area contributed by atoms with E-state index in [0.29, 0.717) is 52.3 Å². The number of H-pyrrole nitrogens is 1. The Morgan fingerprint density at radius 2 is 1.32 bits per heavy atom.